The number of nitrogens with one attached hydrogen (secondary N) is 4. The SMILES string of the molecule is COCCOCCNC(=O)COCCOCCNC(=O)COCCOCCNC(=O)CC[C@H](NC(=O)CCCCCCCCCCCCCCCCC(=O)O)C(=O)O. The van der Waals surface area contributed by atoms with Crippen molar-refractivity contribution in [2.75, 3.05) is 99.4 Å². The highest BCUT2D eigenvalue weighted by Gasteiger charge is 2.20. The number of hydrogen-bond acceptors (Lipinski definition) is 12. The molecule has 6 N–H and O–H groups in total. The monoisotopic (exact) mass is 835 g/mol. The van der Waals surface area contributed by atoms with Crippen LogP contribution in [0.4, 0.5) is 0 Å². The van der Waals surface area contributed by atoms with Gasteiger partial charge in [-0.3, -0.25) is 24.0 Å². The molecular formula is C40H74N4O14. The molecule has 0 aliphatic heterocycles. The van der Waals surface area contributed by atoms with Crippen molar-refractivity contribution in [3.63, 3.8) is 0 Å². The molecule has 58 heavy (non-hydrogen) atoms. The smallest absolute Gasteiger partial charge is 0.326 e. The minimum Gasteiger partial charge on any atom is -0.481 e. The molecule has 0 rings (SSSR count). The standard InChI is InChI=1S/C40H74N4O14/c1-53-26-27-54-24-21-42-37(47)32-58-31-29-56-25-22-43-38(48)33-57-30-28-55-23-20-41-35(45)19-18-34(40(51)52)44-36(46)16-14-12-10-8-6-4-2-3-5-7-9-11-13-15-17-39(49)50/h34H,2-33H2,1H3,(H,41,45)(H,42,47)(H,43,48)(H,44,46)(H,49,50)(H,51,52)/t34-/m0/s1. The van der Waals surface area contributed by atoms with Gasteiger partial charge in [-0.05, 0) is 19.3 Å². The highest BCUT2D eigenvalue weighted by molar-refractivity contribution is 5.84. The Balaban J connectivity index is 3.63. The average molecular weight is 835 g/mol. The van der Waals surface area contributed by atoms with Crippen molar-refractivity contribution in [3.8, 4) is 0 Å². The Morgan fingerprint density at radius 2 is 0.810 bits per heavy atom. The van der Waals surface area contributed by atoms with Gasteiger partial charge in [0, 0.05) is 46.0 Å². The van der Waals surface area contributed by atoms with E-state index in [1.165, 1.54) is 44.9 Å². The van der Waals surface area contributed by atoms with Crippen molar-refractivity contribution in [2.24, 2.45) is 0 Å². The van der Waals surface area contributed by atoms with Gasteiger partial charge in [-0.2, -0.15) is 0 Å². The van der Waals surface area contributed by atoms with Crippen LogP contribution in [0.15, 0.2) is 0 Å². The van der Waals surface area contributed by atoms with E-state index in [-0.39, 0.29) is 115 Å². The minimum atomic E-state index is -1.18. The summed E-state index contributed by atoms with van der Waals surface area (Å²) in [5.41, 5.74) is 0. The van der Waals surface area contributed by atoms with Crippen LogP contribution >= 0.6 is 0 Å². The second-order valence-corrected chi connectivity index (χ2v) is 13.8. The van der Waals surface area contributed by atoms with Crippen molar-refractivity contribution >= 4 is 35.6 Å². The van der Waals surface area contributed by atoms with Crippen molar-refractivity contribution in [3.05, 3.63) is 0 Å². The highest BCUT2D eigenvalue weighted by atomic mass is 16.5. The fraction of sp³-hybridized carbons (Fsp3) is 0.850. The molecule has 0 aromatic carbocycles. The van der Waals surface area contributed by atoms with E-state index in [0.717, 1.165) is 38.5 Å². The molecule has 0 fully saturated rings. The molecule has 0 radical (unpaired) electrons. The first-order chi connectivity index (χ1) is 28.1. The maximum absolute atomic E-state index is 12.3. The van der Waals surface area contributed by atoms with Crippen LogP contribution in [0.1, 0.15) is 116 Å². The molecule has 4 amide bonds. The van der Waals surface area contributed by atoms with Gasteiger partial charge >= 0.3 is 11.9 Å². The Morgan fingerprint density at radius 3 is 1.22 bits per heavy atom. The summed E-state index contributed by atoms with van der Waals surface area (Å²) in [6.45, 7) is 3.37. The van der Waals surface area contributed by atoms with E-state index in [4.69, 9.17) is 33.5 Å². The lowest BCUT2D eigenvalue weighted by Crippen LogP contribution is -2.41. The molecule has 0 unspecified atom stereocenters. The van der Waals surface area contributed by atoms with E-state index in [1.54, 1.807) is 7.11 Å². The number of rotatable bonds is 44. The number of amides is 4. The van der Waals surface area contributed by atoms with E-state index in [0.29, 0.717) is 32.8 Å². The molecule has 0 spiro atoms. The van der Waals surface area contributed by atoms with Gasteiger partial charge in [0.15, 0.2) is 0 Å². The number of unbranched alkanes of at least 4 members (excludes halogenated alkanes) is 13. The number of carboxylic acid groups (broad SMARTS) is 2. The third-order valence-electron chi connectivity index (χ3n) is 8.69. The maximum atomic E-state index is 12.3. The molecule has 18 nitrogen and oxygen atoms in total. The second-order valence-electron chi connectivity index (χ2n) is 13.8. The van der Waals surface area contributed by atoms with Gasteiger partial charge in [0.05, 0.1) is 59.5 Å². The first kappa shape index (κ1) is 54.6. The van der Waals surface area contributed by atoms with E-state index >= 15 is 0 Å². The Morgan fingerprint density at radius 1 is 0.431 bits per heavy atom. The predicted molar refractivity (Wildman–Crippen MR) is 215 cm³/mol. The number of methoxy groups -OCH3 is 1. The summed E-state index contributed by atoms with van der Waals surface area (Å²) in [5, 5.41) is 28.7. The number of carbonyl (C=O) groups excluding carboxylic acids is 4. The first-order valence-corrected chi connectivity index (χ1v) is 21.1. The van der Waals surface area contributed by atoms with Gasteiger partial charge in [-0.15, -0.1) is 0 Å². The van der Waals surface area contributed by atoms with Crippen LogP contribution < -0.4 is 21.3 Å². The number of aliphatic carboxylic acids is 2. The van der Waals surface area contributed by atoms with Crippen molar-refractivity contribution in [1.29, 1.82) is 0 Å². The van der Waals surface area contributed by atoms with E-state index in [9.17, 15) is 33.9 Å². The van der Waals surface area contributed by atoms with Crippen molar-refractivity contribution in [2.45, 2.75) is 122 Å². The van der Waals surface area contributed by atoms with Crippen LogP contribution in [0.3, 0.4) is 0 Å². The van der Waals surface area contributed by atoms with Crippen LogP contribution in [0, 0.1) is 0 Å². The highest BCUT2D eigenvalue weighted by Crippen LogP contribution is 2.14. The lowest BCUT2D eigenvalue weighted by Gasteiger charge is -2.14. The van der Waals surface area contributed by atoms with E-state index in [1.807, 2.05) is 0 Å². The molecule has 0 heterocycles. The summed E-state index contributed by atoms with van der Waals surface area (Å²) in [6.07, 6.45) is 15.5. The Hall–Kier alpha value is -3.42. The molecule has 0 saturated heterocycles. The quantitative estimate of drug-likeness (QED) is 0.0484. The molecule has 0 aromatic rings. The zero-order valence-corrected chi connectivity index (χ0v) is 35.0. The molecule has 0 aliphatic carbocycles. The summed E-state index contributed by atoms with van der Waals surface area (Å²) < 4.78 is 31.3. The van der Waals surface area contributed by atoms with Gasteiger partial charge in [0.1, 0.15) is 19.3 Å². The summed E-state index contributed by atoms with van der Waals surface area (Å²) in [6, 6.07) is -1.14. The number of hydrogen-bond donors (Lipinski definition) is 6. The lowest BCUT2D eigenvalue weighted by atomic mass is 10.0. The zero-order chi connectivity index (χ0) is 42.7. The summed E-state index contributed by atoms with van der Waals surface area (Å²) in [5.74, 6) is -3.13. The van der Waals surface area contributed by atoms with Crippen LogP contribution in [0.25, 0.3) is 0 Å². The second kappa shape index (κ2) is 41.7. The zero-order valence-electron chi connectivity index (χ0n) is 35.0. The number of carbonyl (C=O) groups is 6. The molecule has 18 heteroatoms. The fourth-order valence-corrected chi connectivity index (χ4v) is 5.47. The molecule has 1 atom stereocenters. The Bertz CT molecular complexity index is 1070. The summed E-state index contributed by atoms with van der Waals surface area (Å²) >= 11 is 0. The molecule has 0 bridgehead atoms. The molecule has 0 aromatic heterocycles. The van der Waals surface area contributed by atoms with Gasteiger partial charge < -0.3 is 59.9 Å². The molecule has 0 saturated carbocycles. The molecule has 0 aliphatic rings. The van der Waals surface area contributed by atoms with E-state index < -0.39 is 18.0 Å². The summed E-state index contributed by atoms with van der Waals surface area (Å²) in [4.78, 5) is 70.1. The molecular weight excluding hydrogens is 760 g/mol. The topological polar surface area (TPSA) is 246 Å². The predicted octanol–water partition coefficient (Wildman–Crippen LogP) is 2.74. The lowest BCUT2D eigenvalue weighted by molar-refractivity contribution is -0.142. The van der Waals surface area contributed by atoms with Gasteiger partial charge in [-0.1, -0.05) is 77.0 Å². The summed E-state index contributed by atoms with van der Waals surface area (Å²) in [7, 11) is 1.59. The van der Waals surface area contributed by atoms with Crippen LogP contribution in [-0.4, -0.2) is 151 Å². The van der Waals surface area contributed by atoms with Crippen LogP contribution in [0.5, 0.6) is 0 Å². The largest absolute Gasteiger partial charge is 0.481 e. The number of carboxylic acids is 2. The van der Waals surface area contributed by atoms with Crippen molar-refractivity contribution < 1.29 is 67.4 Å². The van der Waals surface area contributed by atoms with Gasteiger partial charge in [0.2, 0.25) is 23.6 Å². The minimum absolute atomic E-state index is 0.0231. The normalized spacial score (nSPS) is 11.5. The maximum Gasteiger partial charge on any atom is 0.326 e. The van der Waals surface area contributed by atoms with E-state index in [2.05, 4.69) is 21.3 Å². The van der Waals surface area contributed by atoms with Crippen molar-refractivity contribution in [1.82, 2.24) is 21.3 Å². The third-order valence-corrected chi connectivity index (χ3v) is 8.69. The average Bonchev–Trinajstić information content (AvgIpc) is 3.19. The molecule has 338 valence electrons. The third kappa shape index (κ3) is 40.8. The number of ether oxygens (including phenoxy) is 6. The van der Waals surface area contributed by atoms with Crippen LogP contribution in [0.2, 0.25) is 0 Å². The first-order valence-electron chi connectivity index (χ1n) is 21.1. The van der Waals surface area contributed by atoms with Gasteiger partial charge in [0.25, 0.3) is 0 Å². The Kier molecular flexibility index (Phi) is 39.3. The van der Waals surface area contributed by atoms with Crippen LogP contribution in [-0.2, 0) is 57.2 Å². The Labute approximate surface area is 344 Å². The van der Waals surface area contributed by atoms with Gasteiger partial charge in [-0.25, -0.2) is 4.79 Å². The fourth-order valence-electron chi connectivity index (χ4n) is 5.47.